The zero-order valence-corrected chi connectivity index (χ0v) is 13.4. The summed E-state index contributed by atoms with van der Waals surface area (Å²) in [4.78, 5) is 0. The number of ether oxygens (including phenoxy) is 1. The molecule has 5 heteroatoms. The van der Waals surface area contributed by atoms with Gasteiger partial charge in [-0.3, -0.25) is 5.41 Å². The van der Waals surface area contributed by atoms with E-state index >= 15 is 0 Å². The SMILES string of the molecule is Cc1cc(C(=N)N)cc(C)c1OCc1ccc(F)cc1Br. The molecule has 0 aliphatic heterocycles. The summed E-state index contributed by atoms with van der Waals surface area (Å²) in [6.45, 7) is 4.16. The lowest BCUT2D eigenvalue weighted by Crippen LogP contribution is -2.12. The van der Waals surface area contributed by atoms with Gasteiger partial charge in [-0.25, -0.2) is 4.39 Å². The molecule has 0 unspecified atom stereocenters. The third-order valence-electron chi connectivity index (χ3n) is 3.16. The van der Waals surface area contributed by atoms with Crippen molar-refractivity contribution in [1.29, 1.82) is 5.41 Å². The van der Waals surface area contributed by atoms with Crippen LogP contribution in [0.3, 0.4) is 0 Å². The van der Waals surface area contributed by atoms with Crippen molar-refractivity contribution in [3.63, 3.8) is 0 Å². The van der Waals surface area contributed by atoms with Crippen molar-refractivity contribution in [1.82, 2.24) is 0 Å². The first-order valence-electron chi connectivity index (χ1n) is 6.41. The first kappa shape index (κ1) is 15.5. The lowest BCUT2D eigenvalue weighted by molar-refractivity contribution is 0.301. The summed E-state index contributed by atoms with van der Waals surface area (Å²) < 4.78 is 19.6. The maximum Gasteiger partial charge on any atom is 0.125 e. The van der Waals surface area contributed by atoms with Crippen molar-refractivity contribution in [3.8, 4) is 5.75 Å². The monoisotopic (exact) mass is 350 g/mol. The largest absolute Gasteiger partial charge is 0.488 e. The first-order valence-corrected chi connectivity index (χ1v) is 7.20. The van der Waals surface area contributed by atoms with E-state index in [1.54, 1.807) is 6.07 Å². The van der Waals surface area contributed by atoms with Crippen LogP contribution >= 0.6 is 15.9 Å². The highest BCUT2D eigenvalue weighted by Gasteiger charge is 2.09. The Bertz CT molecular complexity index is 678. The van der Waals surface area contributed by atoms with Gasteiger partial charge in [-0.1, -0.05) is 22.0 Å². The van der Waals surface area contributed by atoms with Gasteiger partial charge in [0.15, 0.2) is 0 Å². The van der Waals surface area contributed by atoms with E-state index in [0.29, 0.717) is 16.6 Å². The van der Waals surface area contributed by atoms with Crippen LogP contribution in [0, 0.1) is 25.1 Å². The topological polar surface area (TPSA) is 59.1 Å². The lowest BCUT2D eigenvalue weighted by atomic mass is 10.1. The van der Waals surface area contributed by atoms with E-state index < -0.39 is 0 Å². The smallest absolute Gasteiger partial charge is 0.125 e. The van der Waals surface area contributed by atoms with Crippen LogP contribution in [0.25, 0.3) is 0 Å². The van der Waals surface area contributed by atoms with Crippen molar-refractivity contribution in [2.24, 2.45) is 5.73 Å². The van der Waals surface area contributed by atoms with E-state index in [4.69, 9.17) is 15.9 Å². The summed E-state index contributed by atoms with van der Waals surface area (Å²) in [6, 6.07) is 8.15. The van der Waals surface area contributed by atoms with Crippen LogP contribution < -0.4 is 10.5 Å². The second-order valence-electron chi connectivity index (χ2n) is 4.88. The molecule has 110 valence electrons. The molecule has 0 fully saturated rings. The highest BCUT2D eigenvalue weighted by atomic mass is 79.9. The van der Waals surface area contributed by atoms with E-state index in [1.807, 2.05) is 26.0 Å². The number of aryl methyl sites for hydroxylation is 2. The molecular formula is C16H16BrFN2O. The van der Waals surface area contributed by atoms with E-state index in [-0.39, 0.29) is 11.7 Å². The van der Waals surface area contributed by atoms with Crippen molar-refractivity contribution in [3.05, 3.63) is 62.9 Å². The molecular weight excluding hydrogens is 335 g/mol. The molecule has 3 N–H and O–H groups in total. The highest BCUT2D eigenvalue weighted by Crippen LogP contribution is 2.27. The number of hydrogen-bond acceptors (Lipinski definition) is 2. The second-order valence-corrected chi connectivity index (χ2v) is 5.73. The number of amidine groups is 1. The van der Waals surface area contributed by atoms with E-state index in [2.05, 4.69) is 15.9 Å². The van der Waals surface area contributed by atoms with Gasteiger partial charge in [0, 0.05) is 15.6 Å². The summed E-state index contributed by atoms with van der Waals surface area (Å²) >= 11 is 3.32. The molecule has 2 aromatic rings. The number of nitrogen functional groups attached to an aromatic ring is 1. The summed E-state index contributed by atoms with van der Waals surface area (Å²) in [5.41, 5.74) is 8.88. The van der Waals surface area contributed by atoms with Crippen LogP contribution in [0.4, 0.5) is 4.39 Å². The number of nitrogens with two attached hydrogens (primary N) is 1. The van der Waals surface area contributed by atoms with Gasteiger partial charge in [0.05, 0.1) is 0 Å². The Hall–Kier alpha value is -1.88. The van der Waals surface area contributed by atoms with Crippen molar-refractivity contribution < 1.29 is 9.13 Å². The number of hydrogen-bond donors (Lipinski definition) is 2. The minimum atomic E-state index is -0.288. The molecule has 0 atom stereocenters. The summed E-state index contributed by atoms with van der Waals surface area (Å²) in [5, 5.41) is 7.48. The van der Waals surface area contributed by atoms with Gasteiger partial charge in [0.1, 0.15) is 24.0 Å². The standard InChI is InChI=1S/C16H16BrFN2O/c1-9-5-12(16(19)20)6-10(2)15(9)21-8-11-3-4-13(18)7-14(11)17/h3-7H,8H2,1-2H3,(H3,19,20). The molecule has 0 aliphatic rings. The van der Waals surface area contributed by atoms with Crippen molar-refractivity contribution in [2.75, 3.05) is 0 Å². The van der Waals surface area contributed by atoms with Gasteiger partial charge in [-0.15, -0.1) is 0 Å². The van der Waals surface area contributed by atoms with Gasteiger partial charge >= 0.3 is 0 Å². The fraction of sp³-hybridized carbons (Fsp3) is 0.188. The summed E-state index contributed by atoms with van der Waals surface area (Å²) in [6.07, 6.45) is 0. The first-order chi connectivity index (χ1) is 9.88. The molecule has 0 aromatic heterocycles. The second kappa shape index (κ2) is 6.26. The number of halogens is 2. The van der Waals surface area contributed by atoms with Crippen LogP contribution in [0.1, 0.15) is 22.3 Å². The third-order valence-corrected chi connectivity index (χ3v) is 3.90. The third kappa shape index (κ3) is 3.61. The predicted octanol–water partition coefficient (Wildman–Crippen LogP) is 4.07. The van der Waals surface area contributed by atoms with Gasteiger partial charge in [-0.2, -0.15) is 0 Å². The molecule has 3 nitrogen and oxygen atoms in total. The zero-order valence-electron chi connectivity index (χ0n) is 11.8. The van der Waals surface area contributed by atoms with Gasteiger partial charge < -0.3 is 10.5 Å². The highest BCUT2D eigenvalue weighted by molar-refractivity contribution is 9.10. The molecule has 0 heterocycles. The maximum absolute atomic E-state index is 13.1. The molecule has 0 bridgehead atoms. The Kier molecular flexibility index (Phi) is 4.63. The maximum atomic E-state index is 13.1. The van der Waals surface area contributed by atoms with Crippen molar-refractivity contribution in [2.45, 2.75) is 20.5 Å². The average molecular weight is 351 g/mol. The minimum absolute atomic E-state index is 0.0361. The van der Waals surface area contributed by atoms with Crippen LogP contribution in [-0.2, 0) is 6.61 Å². The fourth-order valence-corrected chi connectivity index (χ4v) is 2.59. The summed E-state index contributed by atoms with van der Waals surface area (Å²) in [7, 11) is 0. The molecule has 0 saturated carbocycles. The predicted molar refractivity (Wildman–Crippen MR) is 85.4 cm³/mol. The molecule has 0 saturated heterocycles. The molecule has 0 radical (unpaired) electrons. The molecule has 0 aliphatic carbocycles. The van der Waals surface area contributed by atoms with Gasteiger partial charge in [-0.05, 0) is 49.2 Å². The van der Waals surface area contributed by atoms with E-state index in [1.165, 1.54) is 12.1 Å². The Morgan fingerprint density at radius 3 is 2.38 bits per heavy atom. The molecule has 0 spiro atoms. The normalized spacial score (nSPS) is 10.5. The Labute approximate surface area is 131 Å². The van der Waals surface area contributed by atoms with Gasteiger partial charge in [0.25, 0.3) is 0 Å². The van der Waals surface area contributed by atoms with E-state index in [0.717, 1.165) is 22.4 Å². The lowest BCUT2D eigenvalue weighted by Gasteiger charge is -2.14. The number of benzene rings is 2. The molecule has 2 rings (SSSR count). The molecule has 2 aromatic carbocycles. The zero-order chi connectivity index (χ0) is 15.6. The average Bonchev–Trinajstić information content (AvgIpc) is 2.39. The Morgan fingerprint density at radius 1 is 1.24 bits per heavy atom. The number of nitrogens with one attached hydrogen (secondary N) is 1. The minimum Gasteiger partial charge on any atom is -0.488 e. The van der Waals surface area contributed by atoms with Crippen LogP contribution in [0.5, 0.6) is 5.75 Å². The van der Waals surface area contributed by atoms with Crippen LogP contribution in [0.15, 0.2) is 34.8 Å². The molecule has 21 heavy (non-hydrogen) atoms. The Morgan fingerprint density at radius 2 is 1.86 bits per heavy atom. The quantitative estimate of drug-likeness (QED) is 0.644. The van der Waals surface area contributed by atoms with Gasteiger partial charge in [0.2, 0.25) is 0 Å². The van der Waals surface area contributed by atoms with Crippen molar-refractivity contribution >= 4 is 21.8 Å². The van der Waals surface area contributed by atoms with E-state index in [9.17, 15) is 4.39 Å². The van der Waals surface area contributed by atoms with Crippen LogP contribution in [-0.4, -0.2) is 5.84 Å². The summed E-state index contributed by atoms with van der Waals surface area (Å²) in [5.74, 6) is 0.508. The number of rotatable bonds is 4. The van der Waals surface area contributed by atoms with Crippen LogP contribution in [0.2, 0.25) is 0 Å². The Balaban J connectivity index is 2.22. The molecule has 0 amide bonds. The fourth-order valence-electron chi connectivity index (χ4n) is 2.12.